The Morgan fingerprint density at radius 3 is 2.53 bits per heavy atom. The van der Waals surface area contributed by atoms with E-state index >= 15 is 0 Å². The van der Waals surface area contributed by atoms with E-state index in [9.17, 15) is 0 Å². The minimum absolute atomic E-state index is 0.518. The van der Waals surface area contributed by atoms with Crippen molar-refractivity contribution in [3.05, 3.63) is 47.5 Å². The Morgan fingerprint density at radius 2 is 1.88 bits per heavy atom. The van der Waals surface area contributed by atoms with Gasteiger partial charge in [0.05, 0.1) is 0 Å². The lowest BCUT2D eigenvalue weighted by Gasteiger charge is -2.09. The number of nitrogens with zero attached hydrogens (tertiary/aromatic N) is 2. The summed E-state index contributed by atoms with van der Waals surface area (Å²) in [6, 6.07) is 6.23. The summed E-state index contributed by atoms with van der Waals surface area (Å²) in [5.74, 6) is 1.87. The number of ether oxygens (including phenoxy) is 1. The molecular formula is C14H18N2O. The number of aryl methyl sites for hydroxylation is 3. The van der Waals surface area contributed by atoms with E-state index in [0.717, 1.165) is 18.1 Å². The van der Waals surface area contributed by atoms with Crippen LogP contribution in [0.4, 0.5) is 0 Å². The molecule has 0 saturated carbocycles. The lowest BCUT2D eigenvalue weighted by atomic mass is 10.1. The number of rotatable bonds is 4. The van der Waals surface area contributed by atoms with E-state index in [2.05, 4.69) is 36.4 Å². The lowest BCUT2D eigenvalue weighted by molar-refractivity contribution is 0.289. The molecule has 0 spiro atoms. The molecule has 3 heteroatoms. The first kappa shape index (κ1) is 11.7. The maximum atomic E-state index is 5.77. The van der Waals surface area contributed by atoms with Gasteiger partial charge in [-0.15, -0.1) is 0 Å². The molecule has 1 aromatic carbocycles. The first-order valence-corrected chi connectivity index (χ1v) is 5.90. The number of benzene rings is 1. The molecule has 0 aliphatic heterocycles. The van der Waals surface area contributed by atoms with E-state index in [1.807, 2.05) is 24.5 Å². The molecule has 0 unspecified atom stereocenters. The summed E-state index contributed by atoms with van der Waals surface area (Å²) in [6.07, 6.45) is 3.78. The first-order valence-electron chi connectivity index (χ1n) is 5.90. The van der Waals surface area contributed by atoms with E-state index < -0.39 is 0 Å². The van der Waals surface area contributed by atoms with Crippen LogP contribution in [-0.2, 0) is 13.2 Å². The summed E-state index contributed by atoms with van der Waals surface area (Å²) < 4.78 is 7.86. The molecule has 17 heavy (non-hydrogen) atoms. The molecule has 0 bridgehead atoms. The fourth-order valence-electron chi connectivity index (χ4n) is 1.93. The summed E-state index contributed by atoms with van der Waals surface area (Å²) in [6.45, 7) is 7.69. The molecule has 1 heterocycles. The van der Waals surface area contributed by atoms with Crippen molar-refractivity contribution in [3.63, 3.8) is 0 Å². The number of hydrogen-bond acceptors (Lipinski definition) is 2. The molecule has 3 nitrogen and oxygen atoms in total. The molecule has 0 saturated heterocycles. The van der Waals surface area contributed by atoms with Crippen molar-refractivity contribution in [1.29, 1.82) is 0 Å². The molecule has 0 aliphatic carbocycles. The highest BCUT2D eigenvalue weighted by Gasteiger charge is 2.03. The second kappa shape index (κ2) is 5.04. The molecule has 2 aromatic rings. The zero-order chi connectivity index (χ0) is 12.3. The zero-order valence-corrected chi connectivity index (χ0v) is 10.6. The van der Waals surface area contributed by atoms with Gasteiger partial charge in [-0.2, -0.15) is 0 Å². The summed E-state index contributed by atoms with van der Waals surface area (Å²) >= 11 is 0. The summed E-state index contributed by atoms with van der Waals surface area (Å²) in [5.41, 5.74) is 2.44. The molecule has 0 fully saturated rings. The van der Waals surface area contributed by atoms with E-state index in [0.29, 0.717) is 6.61 Å². The van der Waals surface area contributed by atoms with Gasteiger partial charge in [-0.3, -0.25) is 0 Å². The van der Waals surface area contributed by atoms with Gasteiger partial charge in [-0.05, 0) is 44.0 Å². The van der Waals surface area contributed by atoms with Crippen molar-refractivity contribution in [2.45, 2.75) is 33.9 Å². The smallest absolute Gasteiger partial charge is 0.146 e. The quantitative estimate of drug-likeness (QED) is 0.807. The van der Waals surface area contributed by atoms with Crippen LogP contribution in [0.25, 0.3) is 0 Å². The van der Waals surface area contributed by atoms with Crippen molar-refractivity contribution in [2.24, 2.45) is 0 Å². The molecule has 2 rings (SSSR count). The Morgan fingerprint density at radius 1 is 1.18 bits per heavy atom. The average Bonchev–Trinajstić information content (AvgIpc) is 2.72. The Balaban J connectivity index is 2.07. The molecule has 0 aliphatic rings. The van der Waals surface area contributed by atoms with Gasteiger partial charge >= 0.3 is 0 Å². The fraction of sp³-hybridized carbons (Fsp3) is 0.357. The van der Waals surface area contributed by atoms with Crippen molar-refractivity contribution in [2.75, 3.05) is 0 Å². The normalized spacial score (nSPS) is 10.5. The van der Waals surface area contributed by atoms with E-state index in [4.69, 9.17) is 4.74 Å². The Hall–Kier alpha value is -1.77. The Kier molecular flexibility index (Phi) is 3.47. The molecule has 0 amide bonds. The number of aromatic nitrogens is 2. The van der Waals surface area contributed by atoms with Crippen LogP contribution in [0.15, 0.2) is 30.6 Å². The predicted octanol–water partition coefficient (Wildman–Crippen LogP) is 3.10. The minimum Gasteiger partial charge on any atom is -0.486 e. The third-order valence-electron chi connectivity index (χ3n) is 2.71. The lowest BCUT2D eigenvalue weighted by Crippen LogP contribution is -2.05. The second-order valence-electron chi connectivity index (χ2n) is 4.24. The fourth-order valence-corrected chi connectivity index (χ4v) is 1.93. The van der Waals surface area contributed by atoms with Gasteiger partial charge in [-0.1, -0.05) is 6.07 Å². The third kappa shape index (κ3) is 2.87. The van der Waals surface area contributed by atoms with Crippen molar-refractivity contribution in [1.82, 2.24) is 9.55 Å². The van der Waals surface area contributed by atoms with E-state index in [1.165, 1.54) is 11.1 Å². The van der Waals surface area contributed by atoms with Crippen LogP contribution >= 0.6 is 0 Å². The standard InChI is InChI=1S/C14H18N2O/c1-4-16-6-5-15-14(16)10-17-13-8-11(2)7-12(3)9-13/h5-9H,4,10H2,1-3H3. The van der Waals surface area contributed by atoms with Crippen molar-refractivity contribution >= 4 is 0 Å². The molecule has 1 aromatic heterocycles. The highest BCUT2D eigenvalue weighted by Crippen LogP contribution is 2.17. The van der Waals surface area contributed by atoms with Gasteiger partial charge < -0.3 is 9.30 Å². The van der Waals surface area contributed by atoms with Gasteiger partial charge in [0.15, 0.2) is 0 Å². The van der Waals surface area contributed by atoms with Crippen LogP contribution in [0, 0.1) is 13.8 Å². The van der Waals surface area contributed by atoms with Gasteiger partial charge in [0.25, 0.3) is 0 Å². The summed E-state index contributed by atoms with van der Waals surface area (Å²) in [5, 5.41) is 0. The van der Waals surface area contributed by atoms with Crippen molar-refractivity contribution in [3.8, 4) is 5.75 Å². The van der Waals surface area contributed by atoms with Crippen LogP contribution in [0.1, 0.15) is 23.9 Å². The molecular weight excluding hydrogens is 212 g/mol. The summed E-state index contributed by atoms with van der Waals surface area (Å²) in [7, 11) is 0. The maximum Gasteiger partial charge on any atom is 0.146 e. The molecule has 0 N–H and O–H groups in total. The van der Waals surface area contributed by atoms with Crippen LogP contribution in [-0.4, -0.2) is 9.55 Å². The highest BCUT2D eigenvalue weighted by molar-refractivity contribution is 5.33. The topological polar surface area (TPSA) is 27.1 Å². The van der Waals surface area contributed by atoms with Gasteiger partial charge in [0.2, 0.25) is 0 Å². The predicted molar refractivity (Wildman–Crippen MR) is 68.1 cm³/mol. The minimum atomic E-state index is 0.518. The summed E-state index contributed by atoms with van der Waals surface area (Å²) in [4.78, 5) is 4.28. The zero-order valence-electron chi connectivity index (χ0n) is 10.6. The maximum absolute atomic E-state index is 5.77. The Labute approximate surface area is 102 Å². The molecule has 90 valence electrons. The van der Waals surface area contributed by atoms with Gasteiger partial charge in [0.1, 0.15) is 18.2 Å². The van der Waals surface area contributed by atoms with E-state index in [-0.39, 0.29) is 0 Å². The number of imidazole rings is 1. The second-order valence-corrected chi connectivity index (χ2v) is 4.24. The van der Waals surface area contributed by atoms with Crippen molar-refractivity contribution < 1.29 is 4.74 Å². The van der Waals surface area contributed by atoms with Crippen LogP contribution in [0.2, 0.25) is 0 Å². The Bertz CT molecular complexity index is 482. The molecule has 0 atom stereocenters. The van der Waals surface area contributed by atoms with E-state index in [1.54, 1.807) is 0 Å². The van der Waals surface area contributed by atoms with Crippen LogP contribution in [0.3, 0.4) is 0 Å². The van der Waals surface area contributed by atoms with Gasteiger partial charge in [0, 0.05) is 18.9 Å². The highest BCUT2D eigenvalue weighted by atomic mass is 16.5. The van der Waals surface area contributed by atoms with Gasteiger partial charge in [-0.25, -0.2) is 4.98 Å². The third-order valence-corrected chi connectivity index (χ3v) is 2.71. The number of hydrogen-bond donors (Lipinski definition) is 0. The monoisotopic (exact) mass is 230 g/mol. The SMILES string of the molecule is CCn1ccnc1COc1cc(C)cc(C)c1. The van der Waals surface area contributed by atoms with Crippen LogP contribution in [0.5, 0.6) is 5.75 Å². The average molecular weight is 230 g/mol. The first-order chi connectivity index (χ1) is 8.19. The largest absolute Gasteiger partial charge is 0.486 e. The molecule has 0 radical (unpaired) electrons. The van der Waals surface area contributed by atoms with Crippen LogP contribution < -0.4 is 4.74 Å².